The van der Waals surface area contributed by atoms with E-state index >= 15 is 0 Å². The van der Waals surface area contributed by atoms with E-state index in [2.05, 4.69) is 58.7 Å². The fraction of sp³-hybridized carbons (Fsp3) is 0.432. The van der Waals surface area contributed by atoms with Crippen molar-refractivity contribution in [3.63, 3.8) is 0 Å². The molecule has 318 valence electrons. The van der Waals surface area contributed by atoms with Crippen LogP contribution >= 0.6 is 8.53 Å². The van der Waals surface area contributed by atoms with Gasteiger partial charge in [-0.25, -0.2) is 9.65 Å². The zero-order valence-corrected chi connectivity index (χ0v) is 36.2. The molecule has 2 N–H and O–H groups in total. The van der Waals surface area contributed by atoms with Crippen LogP contribution < -0.4 is 20.3 Å². The summed E-state index contributed by atoms with van der Waals surface area (Å²) in [6, 6.07) is 27.8. The Morgan fingerprint density at radius 3 is 2.12 bits per heavy atom. The number of nitrogens with zero attached hydrogens (tertiary/aromatic N) is 5. The topological polar surface area (TPSA) is 175 Å². The van der Waals surface area contributed by atoms with E-state index in [4.69, 9.17) is 28.0 Å². The second-order valence-electron chi connectivity index (χ2n) is 15.3. The van der Waals surface area contributed by atoms with E-state index in [0.29, 0.717) is 17.9 Å². The molecule has 5 aromatic rings. The van der Waals surface area contributed by atoms with Gasteiger partial charge in [0.15, 0.2) is 11.2 Å². The van der Waals surface area contributed by atoms with Crippen molar-refractivity contribution in [3.8, 4) is 17.6 Å². The maximum absolute atomic E-state index is 13.6. The average molecular weight is 840 g/mol. The van der Waals surface area contributed by atoms with Gasteiger partial charge in [0, 0.05) is 24.4 Å². The number of nitriles is 1. The highest BCUT2D eigenvalue weighted by Crippen LogP contribution is 2.51. The summed E-state index contributed by atoms with van der Waals surface area (Å²) in [7, 11) is 1.56. The number of imidazole rings is 1. The molecule has 0 saturated carbocycles. The fourth-order valence-corrected chi connectivity index (χ4v) is 9.07. The Labute approximate surface area is 351 Å². The first-order valence-corrected chi connectivity index (χ1v) is 21.2. The van der Waals surface area contributed by atoms with E-state index in [1.165, 1.54) is 6.33 Å². The van der Waals surface area contributed by atoms with Gasteiger partial charge in [0.05, 0.1) is 52.4 Å². The van der Waals surface area contributed by atoms with Crippen molar-refractivity contribution in [1.29, 1.82) is 5.26 Å². The zero-order valence-electron chi connectivity index (χ0n) is 35.3. The summed E-state index contributed by atoms with van der Waals surface area (Å²) in [4.78, 5) is 37.7. The number of methoxy groups -OCH3 is 2. The predicted molar refractivity (Wildman–Crippen MR) is 228 cm³/mol. The lowest BCUT2D eigenvalue weighted by atomic mass is 9.80. The second-order valence-corrected chi connectivity index (χ2v) is 16.7. The molecule has 2 aromatic heterocycles. The average Bonchev–Trinajstić information content (AvgIpc) is 3.86. The van der Waals surface area contributed by atoms with Gasteiger partial charge in [-0.3, -0.25) is 24.5 Å². The number of H-pyrrole nitrogens is 1. The summed E-state index contributed by atoms with van der Waals surface area (Å²) in [6.07, 6.45) is -0.0496. The van der Waals surface area contributed by atoms with Gasteiger partial charge in [0.25, 0.3) is 14.1 Å². The van der Waals surface area contributed by atoms with Crippen molar-refractivity contribution in [1.82, 2.24) is 24.2 Å². The summed E-state index contributed by atoms with van der Waals surface area (Å²) in [5.41, 5.74) is 1.24. The first-order valence-electron chi connectivity index (χ1n) is 20.1. The first kappa shape index (κ1) is 44.4. The molecule has 16 heteroatoms. The maximum atomic E-state index is 13.6. The third-order valence-electron chi connectivity index (χ3n) is 10.2. The minimum absolute atomic E-state index is 0.00761. The molecule has 1 aliphatic rings. The van der Waals surface area contributed by atoms with Crippen LogP contribution in [0.2, 0.25) is 0 Å². The minimum atomic E-state index is -1.70. The van der Waals surface area contributed by atoms with Gasteiger partial charge in [0.1, 0.15) is 29.4 Å². The van der Waals surface area contributed by atoms with Gasteiger partial charge in [-0.15, -0.1) is 0 Å². The number of aromatic amines is 1. The van der Waals surface area contributed by atoms with Crippen LogP contribution in [0.15, 0.2) is 90.0 Å². The number of anilines is 1. The summed E-state index contributed by atoms with van der Waals surface area (Å²) in [5.74, 6) is 0.787. The molecule has 3 aromatic carbocycles. The summed E-state index contributed by atoms with van der Waals surface area (Å²) < 4.78 is 42.4. The van der Waals surface area contributed by atoms with Gasteiger partial charge in [-0.05, 0) is 68.7 Å². The molecule has 1 saturated heterocycles. The highest BCUT2D eigenvalue weighted by atomic mass is 31.2. The second kappa shape index (κ2) is 19.9. The van der Waals surface area contributed by atoms with Crippen molar-refractivity contribution in [2.75, 3.05) is 32.8 Å². The molecule has 1 unspecified atom stereocenters. The molecule has 1 amide bonds. The highest BCUT2D eigenvalue weighted by molar-refractivity contribution is 7.44. The maximum Gasteiger partial charge on any atom is 0.278 e. The fourth-order valence-electron chi connectivity index (χ4n) is 7.31. The molecule has 1 fully saturated rings. The van der Waals surface area contributed by atoms with Crippen LogP contribution in [0.5, 0.6) is 11.5 Å². The number of amides is 1. The van der Waals surface area contributed by atoms with E-state index in [1.807, 2.05) is 78.9 Å². The van der Waals surface area contributed by atoms with E-state index in [1.54, 1.807) is 32.6 Å². The van der Waals surface area contributed by atoms with Gasteiger partial charge in [-0.1, -0.05) is 68.4 Å². The SMILES string of the molecule is COc1ccc(C(OC[C@H]2O[C@@H](n3cnc4nc(NC(=O)C(C)C)[nH]c(=O)c43)C[C@@H]2OP(OCCC#N)N(C(C)C)C(C)C)(c2ccccc2)c2ccc(OC)cc2)cc1. The number of benzene rings is 3. The van der Waals surface area contributed by atoms with Gasteiger partial charge in [-0.2, -0.15) is 10.2 Å². The smallest absolute Gasteiger partial charge is 0.278 e. The molecule has 0 bridgehead atoms. The van der Waals surface area contributed by atoms with Crippen molar-refractivity contribution in [2.24, 2.45) is 5.92 Å². The Bertz CT molecular complexity index is 2220. The summed E-state index contributed by atoms with van der Waals surface area (Å²) in [6.45, 7) is 12.0. The number of hydrogen-bond donors (Lipinski definition) is 2. The molecule has 0 aliphatic carbocycles. The van der Waals surface area contributed by atoms with Crippen molar-refractivity contribution < 1.29 is 32.8 Å². The molecular weight excluding hydrogens is 785 g/mol. The van der Waals surface area contributed by atoms with Crippen LogP contribution in [-0.4, -0.2) is 81.8 Å². The lowest BCUT2D eigenvalue weighted by Gasteiger charge is -2.39. The molecule has 60 heavy (non-hydrogen) atoms. The van der Waals surface area contributed by atoms with Crippen molar-refractivity contribution in [3.05, 3.63) is 112 Å². The molecule has 0 spiro atoms. The van der Waals surface area contributed by atoms with Crippen LogP contribution in [0.1, 0.15) is 77.3 Å². The zero-order chi connectivity index (χ0) is 43.0. The Morgan fingerprint density at radius 1 is 0.967 bits per heavy atom. The van der Waals surface area contributed by atoms with Crippen LogP contribution in [0, 0.1) is 17.2 Å². The van der Waals surface area contributed by atoms with Crippen molar-refractivity contribution >= 4 is 31.5 Å². The van der Waals surface area contributed by atoms with E-state index in [9.17, 15) is 14.9 Å². The summed E-state index contributed by atoms with van der Waals surface area (Å²) >= 11 is 0. The largest absolute Gasteiger partial charge is 0.497 e. The molecule has 0 radical (unpaired) electrons. The van der Waals surface area contributed by atoms with Gasteiger partial charge in [0.2, 0.25) is 11.9 Å². The molecule has 4 atom stereocenters. The molecular formula is C44H54N7O8P. The van der Waals surface area contributed by atoms with Gasteiger partial charge >= 0.3 is 0 Å². The number of ether oxygens (including phenoxy) is 4. The van der Waals surface area contributed by atoms with E-state index in [0.717, 1.165) is 16.7 Å². The standard InChI is InChI=1S/C44H54N7O8P/c1-28(2)41(52)48-43-47-40-39(42(53)49-43)50(27-46-40)38-25-36(59-60(57-24-12-23-45)51(29(3)4)30(5)6)37(58-38)26-56-44(31-13-10-9-11-14-31,32-15-19-34(54-7)20-16-32)33-17-21-35(55-8)22-18-33/h9-11,13-22,27-30,36-38H,12,24-26H2,1-8H3,(H2,47,48,49,52,53)/t36-,37+,38+,60?/m0/s1. The van der Waals surface area contributed by atoms with Crippen LogP contribution in [0.25, 0.3) is 11.2 Å². The van der Waals surface area contributed by atoms with Crippen molar-refractivity contribution in [2.45, 2.75) is 90.5 Å². The number of fused-ring (bicyclic) bond motifs is 1. The van der Waals surface area contributed by atoms with Crippen LogP contribution in [-0.2, 0) is 28.9 Å². The Balaban J connectivity index is 1.43. The lowest BCUT2D eigenvalue weighted by molar-refractivity contribution is -0.118. The molecule has 15 nitrogen and oxygen atoms in total. The Kier molecular flexibility index (Phi) is 14.7. The predicted octanol–water partition coefficient (Wildman–Crippen LogP) is 7.69. The van der Waals surface area contributed by atoms with Gasteiger partial charge < -0.3 is 28.0 Å². The third-order valence-corrected chi connectivity index (χ3v) is 12.4. The van der Waals surface area contributed by atoms with E-state index < -0.39 is 38.1 Å². The normalized spacial score (nSPS) is 17.4. The number of carbonyl (C=O) groups excluding carboxylic acids is 1. The molecule has 1 aliphatic heterocycles. The monoisotopic (exact) mass is 839 g/mol. The summed E-state index contributed by atoms with van der Waals surface area (Å²) in [5, 5.41) is 12.0. The minimum Gasteiger partial charge on any atom is -0.497 e. The first-order chi connectivity index (χ1) is 28.9. The third kappa shape index (κ3) is 9.71. The number of rotatable bonds is 19. The Hall–Kier alpha value is -5.20. The lowest BCUT2D eigenvalue weighted by Crippen LogP contribution is -2.39. The van der Waals surface area contributed by atoms with Crippen LogP contribution in [0.4, 0.5) is 5.95 Å². The number of hydrogen-bond acceptors (Lipinski definition) is 12. The number of carbonyl (C=O) groups is 1. The highest BCUT2D eigenvalue weighted by Gasteiger charge is 2.45. The van der Waals surface area contributed by atoms with Crippen LogP contribution in [0.3, 0.4) is 0 Å². The Morgan fingerprint density at radius 2 is 1.57 bits per heavy atom. The molecule has 6 rings (SSSR count). The number of nitrogens with one attached hydrogen (secondary N) is 2. The van der Waals surface area contributed by atoms with E-state index in [-0.39, 0.29) is 60.7 Å². The quantitative estimate of drug-likeness (QED) is 0.0472. The number of aromatic nitrogens is 4. The molecule has 3 heterocycles.